The van der Waals surface area contributed by atoms with Gasteiger partial charge in [0.1, 0.15) is 0 Å². The van der Waals surface area contributed by atoms with Crippen molar-refractivity contribution in [2.24, 2.45) is 0 Å². The van der Waals surface area contributed by atoms with Gasteiger partial charge in [-0.15, -0.1) is 11.3 Å². The number of hydrogen-bond acceptors (Lipinski definition) is 4. The number of rotatable bonds is 6. The van der Waals surface area contributed by atoms with Gasteiger partial charge in [-0.3, -0.25) is 9.69 Å². The Labute approximate surface area is 153 Å². The van der Waals surface area contributed by atoms with Gasteiger partial charge in [-0.05, 0) is 30.5 Å². The van der Waals surface area contributed by atoms with E-state index in [9.17, 15) is 4.79 Å². The van der Waals surface area contributed by atoms with Gasteiger partial charge >= 0.3 is 0 Å². The van der Waals surface area contributed by atoms with Gasteiger partial charge in [0.25, 0.3) is 5.91 Å². The van der Waals surface area contributed by atoms with Crippen LogP contribution in [0.4, 0.5) is 0 Å². The molecule has 1 amide bonds. The molecule has 1 aliphatic heterocycles. The Hall–Kier alpha value is -1.69. The zero-order valence-corrected chi connectivity index (χ0v) is 15.8. The second-order valence-electron chi connectivity index (χ2n) is 6.40. The molecule has 4 nitrogen and oxygen atoms in total. The van der Waals surface area contributed by atoms with Crippen molar-refractivity contribution in [3.05, 3.63) is 57.3 Å². The Morgan fingerprint density at radius 3 is 2.64 bits per heavy atom. The highest BCUT2D eigenvalue weighted by atomic mass is 32.1. The van der Waals surface area contributed by atoms with Gasteiger partial charge in [0.15, 0.2) is 0 Å². The predicted molar refractivity (Wildman–Crippen MR) is 102 cm³/mol. The number of morpholine rings is 1. The number of nitrogens with one attached hydrogen (secondary N) is 1. The van der Waals surface area contributed by atoms with Gasteiger partial charge in [0.05, 0.1) is 24.1 Å². The largest absolute Gasteiger partial charge is 0.379 e. The number of benzene rings is 1. The zero-order valence-electron chi connectivity index (χ0n) is 15.0. The molecule has 1 saturated heterocycles. The average molecular weight is 359 g/mol. The van der Waals surface area contributed by atoms with Gasteiger partial charge in [0, 0.05) is 24.5 Å². The normalized spacial score (nSPS) is 16.6. The number of hydrogen-bond donors (Lipinski definition) is 1. The third kappa shape index (κ3) is 4.69. The molecule has 0 saturated carbocycles. The summed E-state index contributed by atoms with van der Waals surface area (Å²) in [4.78, 5) is 17.2. The smallest absolute Gasteiger partial charge is 0.261 e. The molecule has 2 heterocycles. The van der Waals surface area contributed by atoms with E-state index in [4.69, 9.17) is 4.74 Å². The number of ether oxygens (including phenoxy) is 1. The molecule has 3 rings (SSSR count). The van der Waals surface area contributed by atoms with E-state index in [1.54, 1.807) is 11.3 Å². The fourth-order valence-corrected chi connectivity index (χ4v) is 4.19. The predicted octanol–water partition coefficient (Wildman–Crippen LogP) is 3.42. The van der Waals surface area contributed by atoms with Crippen molar-refractivity contribution in [1.29, 1.82) is 0 Å². The average Bonchev–Trinajstić information content (AvgIpc) is 3.04. The molecule has 1 atom stereocenters. The van der Waals surface area contributed by atoms with Crippen LogP contribution in [0.15, 0.2) is 36.4 Å². The molecule has 5 heteroatoms. The fraction of sp³-hybridized carbons (Fsp3) is 0.450. The topological polar surface area (TPSA) is 41.6 Å². The Morgan fingerprint density at radius 1 is 1.28 bits per heavy atom. The van der Waals surface area contributed by atoms with Gasteiger partial charge < -0.3 is 10.1 Å². The fourth-order valence-electron chi connectivity index (χ4n) is 3.17. The van der Waals surface area contributed by atoms with Crippen LogP contribution in [0.5, 0.6) is 0 Å². The minimum atomic E-state index is -0.0146. The second kappa shape index (κ2) is 8.61. The quantitative estimate of drug-likeness (QED) is 0.860. The molecule has 2 aromatic rings. The second-order valence-corrected chi connectivity index (χ2v) is 7.65. The number of carbonyl (C=O) groups is 1. The first-order valence-corrected chi connectivity index (χ1v) is 9.74. The van der Waals surface area contributed by atoms with E-state index in [1.165, 1.54) is 10.4 Å². The molecule has 1 N–H and O–H groups in total. The number of nitrogens with zero attached hydrogens (tertiary/aromatic N) is 1. The van der Waals surface area contributed by atoms with Crippen LogP contribution in [-0.4, -0.2) is 43.7 Å². The van der Waals surface area contributed by atoms with Crippen LogP contribution in [0.25, 0.3) is 0 Å². The van der Waals surface area contributed by atoms with Crippen molar-refractivity contribution in [3.8, 4) is 0 Å². The summed E-state index contributed by atoms with van der Waals surface area (Å²) in [7, 11) is 0. The Balaban J connectivity index is 1.75. The van der Waals surface area contributed by atoms with E-state index >= 15 is 0 Å². The Kier molecular flexibility index (Phi) is 6.24. The molecule has 1 aliphatic rings. The molecule has 0 spiro atoms. The van der Waals surface area contributed by atoms with Crippen LogP contribution < -0.4 is 5.32 Å². The maximum Gasteiger partial charge on any atom is 0.261 e. The molecular weight excluding hydrogens is 332 g/mol. The summed E-state index contributed by atoms with van der Waals surface area (Å²) in [5, 5.41) is 3.25. The minimum absolute atomic E-state index is 0.0146. The van der Waals surface area contributed by atoms with E-state index in [1.807, 2.05) is 24.3 Å². The molecular formula is C20H26N2O2S. The lowest BCUT2D eigenvalue weighted by atomic mass is 10.1. The summed E-state index contributed by atoms with van der Waals surface area (Å²) in [5.74, 6) is 0.0231. The summed E-state index contributed by atoms with van der Waals surface area (Å²) >= 11 is 1.58. The van der Waals surface area contributed by atoms with E-state index in [-0.39, 0.29) is 11.9 Å². The van der Waals surface area contributed by atoms with Crippen LogP contribution >= 0.6 is 11.3 Å². The highest BCUT2D eigenvalue weighted by Crippen LogP contribution is 2.23. The molecule has 0 aliphatic carbocycles. The summed E-state index contributed by atoms with van der Waals surface area (Å²) in [6.07, 6.45) is 0.964. The van der Waals surface area contributed by atoms with Crippen LogP contribution in [0, 0.1) is 6.92 Å². The summed E-state index contributed by atoms with van der Waals surface area (Å²) in [6, 6.07) is 12.3. The number of amides is 1. The van der Waals surface area contributed by atoms with Gasteiger partial charge in [-0.2, -0.15) is 0 Å². The SMILES string of the molecule is CCc1cc(C(=O)N[C@@H](CN2CCOCC2)c2ccccc2)sc1C. The maximum absolute atomic E-state index is 12.8. The number of thiophene rings is 1. The van der Waals surface area contributed by atoms with E-state index in [0.717, 1.165) is 49.7 Å². The van der Waals surface area contributed by atoms with Crippen molar-refractivity contribution in [1.82, 2.24) is 10.2 Å². The molecule has 1 aromatic carbocycles. The van der Waals surface area contributed by atoms with E-state index in [2.05, 4.69) is 36.2 Å². The highest BCUT2D eigenvalue weighted by Gasteiger charge is 2.21. The molecule has 0 bridgehead atoms. The van der Waals surface area contributed by atoms with E-state index < -0.39 is 0 Å². The van der Waals surface area contributed by atoms with Crippen molar-refractivity contribution in [2.45, 2.75) is 26.3 Å². The lowest BCUT2D eigenvalue weighted by Gasteiger charge is -2.31. The van der Waals surface area contributed by atoms with Crippen LogP contribution in [0.2, 0.25) is 0 Å². The zero-order chi connectivity index (χ0) is 17.6. The Bertz CT molecular complexity index is 693. The van der Waals surface area contributed by atoms with Gasteiger partial charge in [-0.1, -0.05) is 37.3 Å². The molecule has 1 fully saturated rings. The van der Waals surface area contributed by atoms with Crippen LogP contribution in [-0.2, 0) is 11.2 Å². The molecule has 0 radical (unpaired) electrons. The minimum Gasteiger partial charge on any atom is -0.379 e. The third-order valence-electron chi connectivity index (χ3n) is 4.68. The highest BCUT2D eigenvalue weighted by molar-refractivity contribution is 7.14. The lowest BCUT2D eigenvalue weighted by molar-refractivity contribution is 0.0332. The first-order chi connectivity index (χ1) is 12.2. The van der Waals surface area contributed by atoms with Crippen LogP contribution in [0.3, 0.4) is 0 Å². The first-order valence-electron chi connectivity index (χ1n) is 8.92. The molecule has 1 aromatic heterocycles. The summed E-state index contributed by atoms with van der Waals surface area (Å²) < 4.78 is 5.44. The van der Waals surface area contributed by atoms with Crippen molar-refractivity contribution < 1.29 is 9.53 Å². The maximum atomic E-state index is 12.8. The number of aryl methyl sites for hydroxylation is 2. The summed E-state index contributed by atoms with van der Waals surface area (Å²) in [5.41, 5.74) is 2.41. The summed E-state index contributed by atoms with van der Waals surface area (Å²) in [6.45, 7) is 8.38. The van der Waals surface area contributed by atoms with Gasteiger partial charge in [0.2, 0.25) is 0 Å². The standard InChI is InChI=1S/C20H26N2O2S/c1-3-16-13-19(25-15(16)2)20(23)21-18(17-7-5-4-6-8-17)14-22-9-11-24-12-10-22/h4-8,13,18H,3,9-12,14H2,1-2H3,(H,21,23)/t18-/m0/s1. The van der Waals surface area contributed by atoms with E-state index in [0.29, 0.717) is 0 Å². The first kappa shape index (κ1) is 18.1. The number of carbonyl (C=O) groups excluding carboxylic acids is 1. The van der Waals surface area contributed by atoms with Crippen molar-refractivity contribution in [2.75, 3.05) is 32.8 Å². The van der Waals surface area contributed by atoms with Gasteiger partial charge in [-0.25, -0.2) is 0 Å². The molecule has 25 heavy (non-hydrogen) atoms. The Morgan fingerprint density at radius 2 is 2.00 bits per heavy atom. The monoisotopic (exact) mass is 358 g/mol. The molecule has 0 unspecified atom stereocenters. The van der Waals surface area contributed by atoms with Crippen LogP contribution in [0.1, 0.15) is 38.6 Å². The third-order valence-corrected chi connectivity index (χ3v) is 5.77. The van der Waals surface area contributed by atoms with Crippen molar-refractivity contribution in [3.63, 3.8) is 0 Å². The lowest BCUT2D eigenvalue weighted by Crippen LogP contribution is -2.43. The molecule has 134 valence electrons. The van der Waals surface area contributed by atoms with Crippen molar-refractivity contribution >= 4 is 17.2 Å².